The fourth-order valence-corrected chi connectivity index (χ4v) is 3.36. The molecule has 1 saturated heterocycles. The maximum atomic E-state index is 12.4. The summed E-state index contributed by atoms with van der Waals surface area (Å²) >= 11 is 7.14. The van der Waals surface area contributed by atoms with Crippen LogP contribution in [-0.4, -0.2) is 50.9 Å². The van der Waals surface area contributed by atoms with Crippen molar-refractivity contribution in [2.24, 2.45) is 0 Å². The third-order valence-corrected chi connectivity index (χ3v) is 4.67. The van der Waals surface area contributed by atoms with Crippen LogP contribution in [0.15, 0.2) is 29.2 Å². The minimum Gasteiger partial charge on any atom is -0.480 e. The average Bonchev–Trinajstić information content (AvgIpc) is 2.82. The van der Waals surface area contributed by atoms with E-state index < -0.39 is 23.4 Å². The highest BCUT2D eigenvalue weighted by Crippen LogP contribution is 2.28. The molecule has 2 rings (SSSR count). The number of halogens is 1. The molecule has 0 saturated carbocycles. The number of carboxylic acid groups (broad SMARTS) is 1. The number of nitrogens with zero attached hydrogens (tertiary/aromatic N) is 1. The third-order valence-electron chi connectivity index (χ3n) is 3.32. The first kappa shape index (κ1) is 16.1. The molecule has 1 heterocycles. The van der Waals surface area contributed by atoms with Gasteiger partial charge in [-0.1, -0.05) is 11.6 Å². The first-order chi connectivity index (χ1) is 9.88. The van der Waals surface area contributed by atoms with Gasteiger partial charge < -0.3 is 15.1 Å². The van der Waals surface area contributed by atoms with Crippen molar-refractivity contribution >= 4 is 35.2 Å². The number of benzene rings is 1. The molecule has 1 amide bonds. The van der Waals surface area contributed by atoms with Gasteiger partial charge in [-0.25, -0.2) is 4.79 Å². The second kappa shape index (κ2) is 6.68. The lowest BCUT2D eigenvalue weighted by atomic mass is 10.2. The van der Waals surface area contributed by atoms with Crippen LogP contribution in [0.25, 0.3) is 0 Å². The van der Waals surface area contributed by atoms with Gasteiger partial charge in [0.1, 0.15) is 6.04 Å². The lowest BCUT2D eigenvalue weighted by molar-refractivity contribution is -0.147. The Bertz CT molecular complexity index is 536. The standard InChI is InChI=1S/C14H16ClNO4S/c1-8(21-11-4-2-9(15)3-5-11)13(18)16-7-10(17)6-12(16)14(19)20/h2-5,8,10,12,17H,6-7H2,1H3,(H,19,20)/t8?,10-,12-/m1/s1. The van der Waals surface area contributed by atoms with Crippen molar-refractivity contribution in [3.05, 3.63) is 29.3 Å². The Morgan fingerprint density at radius 1 is 1.38 bits per heavy atom. The molecule has 1 fully saturated rings. The van der Waals surface area contributed by atoms with Crippen LogP contribution in [0, 0.1) is 0 Å². The zero-order chi connectivity index (χ0) is 15.6. The minimum atomic E-state index is -1.08. The van der Waals surface area contributed by atoms with Crippen LogP contribution < -0.4 is 0 Å². The number of rotatable bonds is 4. The highest BCUT2D eigenvalue weighted by Gasteiger charge is 2.40. The average molecular weight is 330 g/mol. The summed E-state index contributed by atoms with van der Waals surface area (Å²) in [6, 6.07) is 6.15. The van der Waals surface area contributed by atoms with E-state index in [0.717, 1.165) is 4.90 Å². The molecule has 0 aliphatic carbocycles. The molecule has 2 N–H and O–H groups in total. The smallest absolute Gasteiger partial charge is 0.326 e. The monoisotopic (exact) mass is 329 g/mol. The summed E-state index contributed by atoms with van der Waals surface area (Å²) in [4.78, 5) is 25.7. The van der Waals surface area contributed by atoms with E-state index in [2.05, 4.69) is 0 Å². The normalized spacial score (nSPS) is 23.1. The van der Waals surface area contributed by atoms with Crippen LogP contribution in [0.4, 0.5) is 0 Å². The maximum Gasteiger partial charge on any atom is 0.326 e. The SMILES string of the molecule is CC(Sc1ccc(Cl)cc1)C(=O)N1C[C@H](O)C[C@@H]1C(=O)O. The summed E-state index contributed by atoms with van der Waals surface area (Å²) in [5.74, 6) is -1.36. The Morgan fingerprint density at radius 3 is 2.57 bits per heavy atom. The number of carbonyl (C=O) groups is 2. The van der Waals surface area contributed by atoms with E-state index in [1.807, 2.05) is 12.1 Å². The van der Waals surface area contributed by atoms with Crippen molar-refractivity contribution in [2.75, 3.05) is 6.54 Å². The second-order valence-corrected chi connectivity index (χ2v) is 6.80. The molecule has 0 radical (unpaired) electrons. The summed E-state index contributed by atoms with van der Waals surface area (Å²) in [6.07, 6.45) is -0.692. The van der Waals surface area contributed by atoms with Gasteiger partial charge in [-0.15, -0.1) is 11.8 Å². The van der Waals surface area contributed by atoms with Gasteiger partial charge in [0.15, 0.2) is 0 Å². The maximum absolute atomic E-state index is 12.4. The Labute approximate surface area is 131 Å². The van der Waals surface area contributed by atoms with E-state index in [4.69, 9.17) is 16.7 Å². The van der Waals surface area contributed by atoms with Crippen molar-refractivity contribution in [1.29, 1.82) is 0 Å². The molecule has 3 atom stereocenters. The molecule has 0 spiro atoms. The van der Waals surface area contributed by atoms with Gasteiger partial charge in [0.05, 0.1) is 11.4 Å². The number of aliphatic hydroxyl groups excluding tert-OH is 1. The van der Waals surface area contributed by atoms with Gasteiger partial charge in [0.25, 0.3) is 0 Å². The molecule has 5 nitrogen and oxygen atoms in total. The molecular formula is C14H16ClNO4S. The molecule has 1 aliphatic heterocycles. The highest BCUT2D eigenvalue weighted by atomic mass is 35.5. The summed E-state index contributed by atoms with van der Waals surface area (Å²) in [5, 5.41) is 18.9. The predicted molar refractivity (Wildman–Crippen MR) is 80.5 cm³/mol. The number of aliphatic carboxylic acids is 1. The third kappa shape index (κ3) is 3.90. The van der Waals surface area contributed by atoms with E-state index >= 15 is 0 Å². The summed E-state index contributed by atoms with van der Waals surface area (Å²) in [7, 11) is 0. The quantitative estimate of drug-likeness (QED) is 0.825. The van der Waals surface area contributed by atoms with Crippen molar-refractivity contribution in [3.8, 4) is 0 Å². The number of hydrogen-bond acceptors (Lipinski definition) is 4. The van der Waals surface area contributed by atoms with E-state index in [9.17, 15) is 14.7 Å². The predicted octanol–water partition coefficient (Wildman–Crippen LogP) is 1.87. The Hall–Kier alpha value is -1.24. The molecule has 1 aromatic carbocycles. The largest absolute Gasteiger partial charge is 0.480 e. The number of aliphatic hydroxyl groups is 1. The summed E-state index contributed by atoms with van der Waals surface area (Å²) < 4.78 is 0. The van der Waals surface area contributed by atoms with E-state index in [-0.39, 0.29) is 18.9 Å². The van der Waals surface area contributed by atoms with Crippen LogP contribution in [-0.2, 0) is 9.59 Å². The molecule has 0 bridgehead atoms. The van der Waals surface area contributed by atoms with E-state index in [0.29, 0.717) is 5.02 Å². The highest BCUT2D eigenvalue weighted by molar-refractivity contribution is 8.00. The molecule has 1 aliphatic rings. The van der Waals surface area contributed by atoms with E-state index in [1.54, 1.807) is 19.1 Å². The fourth-order valence-electron chi connectivity index (χ4n) is 2.29. The first-order valence-electron chi connectivity index (χ1n) is 6.52. The van der Waals surface area contributed by atoms with Gasteiger partial charge >= 0.3 is 5.97 Å². The van der Waals surface area contributed by atoms with Gasteiger partial charge in [-0.3, -0.25) is 4.79 Å². The first-order valence-corrected chi connectivity index (χ1v) is 7.78. The van der Waals surface area contributed by atoms with Gasteiger partial charge in [0, 0.05) is 22.9 Å². The molecule has 7 heteroatoms. The number of amides is 1. The Balaban J connectivity index is 2.04. The van der Waals surface area contributed by atoms with Crippen molar-refractivity contribution < 1.29 is 19.8 Å². The van der Waals surface area contributed by atoms with Gasteiger partial charge in [0.2, 0.25) is 5.91 Å². The summed E-state index contributed by atoms with van der Waals surface area (Å²) in [5.41, 5.74) is 0. The van der Waals surface area contributed by atoms with Crippen LogP contribution >= 0.6 is 23.4 Å². The van der Waals surface area contributed by atoms with Crippen molar-refractivity contribution in [2.45, 2.75) is 35.6 Å². The van der Waals surface area contributed by atoms with Crippen molar-refractivity contribution in [1.82, 2.24) is 4.90 Å². The van der Waals surface area contributed by atoms with Crippen molar-refractivity contribution in [3.63, 3.8) is 0 Å². The Morgan fingerprint density at radius 2 is 2.00 bits per heavy atom. The topological polar surface area (TPSA) is 77.8 Å². The Kier molecular flexibility index (Phi) is 5.13. The summed E-state index contributed by atoms with van der Waals surface area (Å²) in [6.45, 7) is 1.80. The number of hydrogen-bond donors (Lipinski definition) is 2. The van der Waals surface area contributed by atoms with Crippen LogP contribution in [0.1, 0.15) is 13.3 Å². The zero-order valence-corrected chi connectivity index (χ0v) is 13.0. The number of likely N-dealkylation sites (tertiary alicyclic amines) is 1. The minimum absolute atomic E-state index is 0.0708. The molecule has 0 aromatic heterocycles. The number of carbonyl (C=O) groups excluding carboxylic acids is 1. The lowest BCUT2D eigenvalue weighted by Gasteiger charge is -2.24. The van der Waals surface area contributed by atoms with Gasteiger partial charge in [-0.2, -0.15) is 0 Å². The van der Waals surface area contributed by atoms with Crippen LogP contribution in [0.5, 0.6) is 0 Å². The number of thioether (sulfide) groups is 1. The van der Waals surface area contributed by atoms with Gasteiger partial charge in [-0.05, 0) is 31.2 Å². The molecule has 21 heavy (non-hydrogen) atoms. The molecular weight excluding hydrogens is 314 g/mol. The number of carboxylic acids is 1. The fraction of sp³-hybridized carbons (Fsp3) is 0.429. The molecule has 114 valence electrons. The molecule has 1 unspecified atom stereocenters. The lowest BCUT2D eigenvalue weighted by Crippen LogP contribution is -2.44. The van der Waals surface area contributed by atoms with Crippen LogP contribution in [0.2, 0.25) is 5.02 Å². The van der Waals surface area contributed by atoms with Crippen LogP contribution in [0.3, 0.4) is 0 Å². The second-order valence-electron chi connectivity index (χ2n) is 4.95. The zero-order valence-electron chi connectivity index (χ0n) is 11.4. The number of β-amino-alcohol motifs (C(OH)–C–C–N with tert-alkyl or cyclic N) is 1. The molecule has 1 aromatic rings. The van der Waals surface area contributed by atoms with E-state index in [1.165, 1.54) is 16.7 Å².